The summed E-state index contributed by atoms with van der Waals surface area (Å²) in [6.07, 6.45) is 0. The fourth-order valence-electron chi connectivity index (χ4n) is 2.15. The summed E-state index contributed by atoms with van der Waals surface area (Å²) in [5.74, 6) is -0.586. The maximum absolute atomic E-state index is 13.3. The molecule has 0 radical (unpaired) electrons. The second kappa shape index (κ2) is 6.18. The van der Waals surface area contributed by atoms with Crippen molar-refractivity contribution in [3.8, 4) is 27.6 Å². The molecule has 0 unspecified atom stereocenters. The summed E-state index contributed by atoms with van der Waals surface area (Å²) in [5.41, 5.74) is 2.49. The SMILES string of the molecule is CC(=O)Nc1cc(-c2csc(-c3cccc(F)c3)n2)ccc1O. The largest absolute Gasteiger partial charge is 0.506 e. The van der Waals surface area contributed by atoms with E-state index >= 15 is 0 Å². The van der Waals surface area contributed by atoms with E-state index in [-0.39, 0.29) is 17.5 Å². The molecule has 1 heterocycles. The van der Waals surface area contributed by atoms with Crippen LogP contribution in [0, 0.1) is 5.82 Å². The van der Waals surface area contributed by atoms with Gasteiger partial charge in [0.2, 0.25) is 5.91 Å². The highest BCUT2D eigenvalue weighted by Gasteiger charge is 2.10. The number of hydrogen-bond donors (Lipinski definition) is 2. The lowest BCUT2D eigenvalue weighted by atomic mass is 10.1. The lowest BCUT2D eigenvalue weighted by molar-refractivity contribution is -0.114. The number of hydrogen-bond acceptors (Lipinski definition) is 4. The zero-order valence-electron chi connectivity index (χ0n) is 12.2. The Morgan fingerprint density at radius 1 is 1.22 bits per heavy atom. The lowest BCUT2D eigenvalue weighted by Crippen LogP contribution is -2.05. The van der Waals surface area contributed by atoms with Gasteiger partial charge in [-0.05, 0) is 30.3 Å². The van der Waals surface area contributed by atoms with E-state index in [1.54, 1.807) is 24.3 Å². The van der Waals surface area contributed by atoms with Gasteiger partial charge in [0.15, 0.2) is 0 Å². The maximum Gasteiger partial charge on any atom is 0.221 e. The first-order valence-electron chi connectivity index (χ1n) is 6.85. The number of nitrogens with one attached hydrogen (secondary N) is 1. The summed E-state index contributed by atoms with van der Waals surface area (Å²) in [7, 11) is 0. The van der Waals surface area contributed by atoms with E-state index in [4.69, 9.17) is 0 Å². The van der Waals surface area contributed by atoms with Gasteiger partial charge in [-0.1, -0.05) is 12.1 Å². The van der Waals surface area contributed by atoms with Gasteiger partial charge in [0.05, 0.1) is 11.4 Å². The number of carbonyl (C=O) groups is 1. The highest BCUT2D eigenvalue weighted by Crippen LogP contribution is 2.33. The third kappa shape index (κ3) is 3.37. The minimum atomic E-state index is -0.308. The molecule has 6 heteroatoms. The Labute approximate surface area is 136 Å². The van der Waals surface area contributed by atoms with E-state index in [9.17, 15) is 14.3 Å². The minimum Gasteiger partial charge on any atom is -0.506 e. The van der Waals surface area contributed by atoms with E-state index in [2.05, 4.69) is 10.3 Å². The molecule has 0 fully saturated rings. The molecule has 0 aliphatic heterocycles. The fourth-order valence-corrected chi connectivity index (χ4v) is 2.97. The molecule has 2 aromatic carbocycles. The zero-order chi connectivity index (χ0) is 16.4. The van der Waals surface area contributed by atoms with E-state index in [0.29, 0.717) is 22.0 Å². The van der Waals surface area contributed by atoms with Crippen LogP contribution in [0.15, 0.2) is 47.8 Å². The van der Waals surface area contributed by atoms with Crippen molar-refractivity contribution in [2.24, 2.45) is 0 Å². The predicted molar refractivity (Wildman–Crippen MR) is 88.9 cm³/mol. The number of phenols is 1. The molecule has 23 heavy (non-hydrogen) atoms. The van der Waals surface area contributed by atoms with E-state index in [1.165, 1.54) is 36.5 Å². The zero-order valence-corrected chi connectivity index (χ0v) is 13.0. The van der Waals surface area contributed by atoms with Gasteiger partial charge in [0.1, 0.15) is 16.6 Å². The number of thiazole rings is 1. The Morgan fingerprint density at radius 2 is 2.04 bits per heavy atom. The van der Waals surface area contributed by atoms with Crippen LogP contribution in [0.1, 0.15) is 6.92 Å². The molecular formula is C17H13FN2O2S. The Kier molecular flexibility index (Phi) is 4.08. The van der Waals surface area contributed by atoms with E-state index in [1.807, 2.05) is 5.38 Å². The Hall–Kier alpha value is -2.73. The Bertz CT molecular complexity index is 877. The average molecular weight is 328 g/mol. The molecule has 1 amide bonds. The molecule has 0 atom stereocenters. The van der Waals surface area contributed by atoms with Crippen LogP contribution in [-0.4, -0.2) is 16.0 Å². The van der Waals surface area contributed by atoms with Crippen molar-refractivity contribution in [2.45, 2.75) is 6.92 Å². The van der Waals surface area contributed by atoms with Crippen molar-refractivity contribution in [1.82, 2.24) is 4.98 Å². The number of aromatic hydroxyl groups is 1. The van der Waals surface area contributed by atoms with Gasteiger partial charge in [-0.25, -0.2) is 9.37 Å². The molecule has 3 rings (SSSR count). The standard InChI is InChI=1S/C17H13FN2O2S/c1-10(21)19-14-8-11(5-6-16(14)22)15-9-23-17(20-15)12-3-2-4-13(18)7-12/h2-9,22H,1H3,(H,19,21). The first kappa shape index (κ1) is 15.2. The van der Waals surface area contributed by atoms with Gasteiger partial charge in [0, 0.05) is 23.4 Å². The first-order chi connectivity index (χ1) is 11.0. The predicted octanol–water partition coefficient (Wildman–Crippen LogP) is 4.28. The number of rotatable bonds is 3. The van der Waals surface area contributed by atoms with Crippen molar-refractivity contribution >= 4 is 22.9 Å². The van der Waals surface area contributed by atoms with Gasteiger partial charge < -0.3 is 10.4 Å². The van der Waals surface area contributed by atoms with Crippen molar-refractivity contribution < 1.29 is 14.3 Å². The van der Waals surface area contributed by atoms with Gasteiger partial charge in [-0.15, -0.1) is 11.3 Å². The van der Waals surface area contributed by atoms with Crippen LogP contribution in [0.25, 0.3) is 21.8 Å². The highest BCUT2D eigenvalue weighted by atomic mass is 32.1. The van der Waals surface area contributed by atoms with Gasteiger partial charge in [-0.3, -0.25) is 4.79 Å². The van der Waals surface area contributed by atoms with Crippen molar-refractivity contribution in [3.63, 3.8) is 0 Å². The quantitative estimate of drug-likeness (QED) is 0.705. The van der Waals surface area contributed by atoms with Crippen LogP contribution in [0.5, 0.6) is 5.75 Å². The van der Waals surface area contributed by atoms with Crippen molar-refractivity contribution in [2.75, 3.05) is 5.32 Å². The lowest BCUT2D eigenvalue weighted by Gasteiger charge is -2.06. The average Bonchev–Trinajstić information content (AvgIpc) is 2.99. The van der Waals surface area contributed by atoms with E-state index < -0.39 is 0 Å². The maximum atomic E-state index is 13.3. The summed E-state index contributed by atoms with van der Waals surface area (Å²) in [6.45, 7) is 1.37. The monoisotopic (exact) mass is 328 g/mol. The summed E-state index contributed by atoms with van der Waals surface area (Å²) in [4.78, 5) is 15.7. The third-order valence-electron chi connectivity index (χ3n) is 3.18. The van der Waals surface area contributed by atoms with Gasteiger partial charge >= 0.3 is 0 Å². The molecule has 0 aliphatic rings. The van der Waals surface area contributed by atoms with Crippen molar-refractivity contribution in [1.29, 1.82) is 0 Å². The number of carbonyl (C=O) groups excluding carboxylic acids is 1. The number of nitrogens with zero attached hydrogens (tertiary/aromatic N) is 1. The summed E-state index contributed by atoms with van der Waals surface area (Å²) < 4.78 is 13.3. The third-order valence-corrected chi connectivity index (χ3v) is 4.07. The molecule has 116 valence electrons. The number of anilines is 1. The van der Waals surface area contributed by atoms with E-state index in [0.717, 1.165) is 5.56 Å². The normalized spacial score (nSPS) is 10.5. The van der Waals surface area contributed by atoms with Crippen molar-refractivity contribution in [3.05, 3.63) is 53.7 Å². The molecule has 1 aromatic heterocycles. The molecule has 0 bridgehead atoms. The minimum absolute atomic E-state index is 0.00969. The molecule has 0 saturated carbocycles. The second-order valence-corrected chi connectivity index (χ2v) is 5.82. The summed E-state index contributed by atoms with van der Waals surface area (Å²) in [6, 6.07) is 11.1. The number of halogens is 1. The molecular weight excluding hydrogens is 315 g/mol. The molecule has 4 nitrogen and oxygen atoms in total. The second-order valence-electron chi connectivity index (χ2n) is 4.96. The molecule has 2 N–H and O–H groups in total. The fraction of sp³-hybridized carbons (Fsp3) is 0.0588. The number of benzene rings is 2. The van der Waals surface area contributed by atoms with Gasteiger partial charge in [0.25, 0.3) is 0 Å². The summed E-state index contributed by atoms with van der Waals surface area (Å²) in [5, 5.41) is 14.9. The topological polar surface area (TPSA) is 62.2 Å². The molecule has 0 saturated heterocycles. The number of aromatic nitrogens is 1. The Balaban J connectivity index is 1.96. The smallest absolute Gasteiger partial charge is 0.221 e. The molecule has 0 spiro atoms. The van der Waals surface area contributed by atoms with Crippen LogP contribution in [0.3, 0.4) is 0 Å². The summed E-state index contributed by atoms with van der Waals surface area (Å²) >= 11 is 1.40. The Morgan fingerprint density at radius 3 is 2.78 bits per heavy atom. The number of amides is 1. The van der Waals surface area contributed by atoms with Gasteiger partial charge in [-0.2, -0.15) is 0 Å². The highest BCUT2D eigenvalue weighted by molar-refractivity contribution is 7.13. The van der Waals surface area contributed by atoms with Crippen LogP contribution < -0.4 is 5.32 Å². The molecule has 0 aliphatic carbocycles. The number of phenolic OH excluding ortho intramolecular Hbond substituents is 1. The van der Waals surface area contributed by atoms with Crippen LogP contribution in [-0.2, 0) is 4.79 Å². The van der Waals surface area contributed by atoms with Crippen LogP contribution in [0.2, 0.25) is 0 Å². The van der Waals surface area contributed by atoms with Crippen LogP contribution in [0.4, 0.5) is 10.1 Å². The van der Waals surface area contributed by atoms with Crippen LogP contribution >= 0.6 is 11.3 Å². The first-order valence-corrected chi connectivity index (χ1v) is 7.73. The molecule has 3 aromatic rings.